The molecule has 4 nitrogen and oxygen atoms in total. The highest BCUT2D eigenvalue weighted by molar-refractivity contribution is 5.98. The number of carbonyl (C=O) groups is 2. The molecule has 2 atom stereocenters. The fourth-order valence-electron chi connectivity index (χ4n) is 4.02. The number of hydrogen-bond acceptors (Lipinski definition) is 2. The SMILES string of the molecule is CCc1ccc2c(c1)CCCN2C(=O)[C@@H]1CCCC[C@H]1C(=O)O. The predicted octanol–water partition coefficient (Wildman–Crippen LogP) is 3.42. The first-order valence-electron chi connectivity index (χ1n) is 8.77. The Morgan fingerprint density at radius 2 is 1.91 bits per heavy atom. The Balaban J connectivity index is 1.87. The van der Waals surface area contributed by atoms with Crippen LogP contribution in [0.15, 0.2) is 18.2 Å². The number of aliphatic carboxylic acids is 1. The van der Waals surface area contributed by atoms with Gasteiger partial charge in [-0.15, -0.1) is 0 Å². The van der Waals surface area contributed by atoms with Crippen LogP contribution in [0, 0.1) is 11.8 Å². The van der Waals surface area contributed by atoms with Gasteiger partial charge in [0, 0.05) is 12.2 Å². The van der Waals surface area contributed by atoms with Gasteiger partial charge < -0.3 is 10.0 Å². The van der Waals surface area contributed by atoms with Crippen LogP contribution in [-0.4, -0.2) is 23.5 Å². The summed E-state index contributed by atoms with van der Waals surface area (Å²) in [5, 5.41) is 9.45. The van der Waals surface area contributed by atoms with Gasteiger partial charge in [0.05, 0.1) is 11.8 Å². The van der Waals surface area contributed by atoms with E-state index in [1.54, 1.807) is 0 Å². The fraction of sp³-hybridized carbons (Fsp3) is 0.579. The number of hydrogen-bond donors (Lipinski definition) is 1. The predicted molar refractivity (Wildman–Crippen MR) is 89.6 cm³/mol. The van der Waals surface area contributed by atoms with E-state index in [-0.39, 0.29) is 11.8 Å². The number of carbonyl (C=O) groups excluding carboxylic acids is 1. The molecule has 1 saturated carbocycles. The molecule has 1 aliphatic heterocycles. The van der Waals surface area contributed by atoms with Gasteiger partial charge in [-0.25, -0.2) is 0 Å². The van der Waals surface area contributed by atoms with E-state index in [4.69, 9.17) is 0 Å². The van der Waals surface area contributed by atoms with Crippen molar-refractivity contribution in [3.05, 3.63) is 29.3 Å². The van der Waals surface area contributed by atoms with Gasteiger partial charge >= 0.3 is 5.97 Å². The smallest absolute Gasteiger partial charge is 0.307 e. The number of amides is 1. The van der Waals surface area contributed by atoms with Crippen molar-refractivity contribution in [2.45, 2.75) is 51.9 Å². The number of carboxylic acids is 1. The van der Waals surface area contributed by atoms with Crippen molar-refractivity contribution in [3.8, 4) is 0 Å². The quantitative estimate of drug-likeness (QED) is 0.930. The van der Waals surface area contributed by atoms with Crippen LogP contribution in [0.5, 0.6) is 0 Å². The summed E-state index contributed by atoms with van der Waals surface area (Å²) in [6.45, 7) is 2.84. The van der Waals surface area contributed by atoms with Crippen LogP contribution < -0.4 is 4.90 Å². The number of nitrogens with zero attached hydrogens (tertiary/aromatic N) is 1. The minimum absolute atomic E-state index is 0.0160. The number of rotatable bonds is 3. The Bertz CT molecular complexity index is 611. The summed E-state index contributed by atoms with van der Waals surface area (Å²) >= 11 is 0. The molecule has 124 valence electrons. The summed E-state index contributed by atoms with van der Waals surface area (Å²) in [7, 11) is 0. The molecule has 1 fully saturated rings. The van der Waals surface area contributed by atoms with E-state index < -0.39 is 11.9 Å². The van der Waals surface area contributed by atoms with E-state index in [9.17, 15) is 14.7 Å². The molecule has 4 heteroatoms. The van der Waals surface area contributed by atoms with Crippen LogP contribution in [0.4, 0.5) is 5.69 Å². The number of carboxylic acid groups (broad SMARTS) is 1. The third kappa shape index (κ3) is 3.12. The van der Waals surface area contributed by atoms with Crippen LogP contribution in [0.2, 0.25) is 0 Å². The maximum Gasteiger partial charge on any atom is 0.307 e. The Morgan fingerprint density at radius 3 is 2.61 bits per heavy atom. The molecule has 1 N–H and O–H groups in total. The first-order valence-corrected chi connectivity index (χ1v) is 8.77. The first kappa shape index (κ1) is 16.0. The molecule has 0 bridgehead atoms. The molecule has 1 amide bonds. The van der Waals surface area contributed by atoms with Gasteiger partial charge in [0.15, 0.2) is 0 Å². The van der Waals surface area contributed by atoms with Crippen LogP contribution in [0.25, 0.3) is 0 Å². The molecular weight excluding hydrogens is 290 g/mol. The average Bonchev–Trinajstić information content (AvgIpc) is 2.60. The molecule has 0 radical (unpaired) electrons. The summed E-state index contributed by atoms with van der Waals surface area (Å²) < 4.78 is 0. The van der Waals surface area contributed by atoms with Gasteiger partial charge in [-0.3, -0.25) is 9.59 Å². The Labute approximate surface area is 137 Å². The zero-order valence-corrected chi connectivity index (χ0v) is 13.8. The Morgan fingerprint density at radius 1 is 1.17 bits per heavy atom. The molecule has 0 spiro atoms. The zero-order valence-electron chi connectivity index (χ0n) is 13.8. The Kier molecular flexibility index (Phi) is 4.69. The van der Waals surface area contributed by atoms with Crippen LogP contribution in [0.1, 0.15) is 50.2 Å². The summed E-state index contributed by atoms with van der Waals surface area (Å²) in [5.41, 5.74) is 3.51. The van der Waals surface area contributed by atoms with Crippen LogP contribution in [-0.2, 0) is 22.4 Å². The number of benzene rings is 1. The summed E-state index contributed by atoms with van der Waals surface area (Å²) in [6, 6.07) is 6.33. The summed E-state index contributed by atoms with van der Waals surface area (Å²) in [6.07, 6.45) is 6.14. The monoisotopic (exact) mass is 315 g/mol. The molecule has 2 aliphatic rings. The third-order valence-electron chi connectivity index (χ3n) is 5.34. The zero-order chi connectivity index (χ0) is 16.4. The molecule has 1 aromatic carbocycles. The lowest BCUT2D eigenvalue weighted by Crippen LogP contribution is -2.44. The van der Waals surface area contributed by atoms with Crippen molar-refractivity contribution in [2.75, 3.05) is 11.4 Å². The highest BCUT2D eigenvalue weighted by Gasteiger charge is 2.39. The van der Waals surface area contributed by atoms with Gasteiger partial charge in [-0.2, -0.15) is 0 Å². The molecule has 3 rings (SSSR count). The second-order valence-electron chi connectivity index (χ2n) is 6.75. The minimum Gasteiger partial charge on any atom is -0.481 e. The van der Waals surface area contributed by atoms with Gasteiger partial charge in [-0.1, -0.05) is 31.9 Å². The largest absolute Gasteiger partial charge is 0.481 e. The number of anilines is 1. The molecular formula is C19H25NO3. The maximum atomic E-state index is 13.0. The normalized spacial score (nSPS) is 24.1. The number of aryl methyl sites for hydroxylation is 2. The van der Waals surface area contributed by atoms with Crippen LogP contribution >= 0.6 is 0 Å². The highest BCUT2D eigenvalue weighted by Crippen LogP contribution is 2.35. The lowest BCUT2D eigenvalue weighted by Gasteiger charge is -2.36. The fourth-order valence-corrected chi connectivity index (χ4v) is 4.02. The minimum atomic E-state index is -0.818. The molecule has 0 saturated heterocycles. The van der Waals surface area contributed by atoms with Crippen molar-refractivity contribution in [2.24, 2.45) is 11.8 Å². The molecule has 1 aliphatic carbocycles. The van der Waals surface area contributed by atoms with E-state index >= 15 is 0 Å². The Hall–Kier alpha value is -1.84. The number of fused-ring (bicyclic) bond motifs is 1. The third-order valence-corrected chi connectivity index (χ3v) is 5.34. The summed E-state index contributed by atoms with van der Waals surface area (Å²) in [5.74, 6) is -1.68. The van der Waals surface area contributed by atoms with Crippen molar-refractivity contribution in [1.29, 1.82) is 0 Å². The lowest BCUT2D eigenvalue weighted by molar-refractivity contribution is -0.148. The van der Waals surface area contributed by atoms with E-state index in [1.807, 2.05) is 11.0 Å². The topological polar surface area (TPSA) is 57.6 Å². The van der Waals surface area contributed by atoms with Gasteiger partial charge in [0.2, 0.25) is 5.91 Å². The van der Waals surface area contributed by atoms with E-state index in [1.165, 1.54) is 11.1 Å². The van der Waals surface area contributed by atoms with Crippen molar-refractivity contribution >= 4 is 17.6 Å². The average molecular weight is 315 g/mol. The van der Waals surface area contributed by atoms with E-state index in [0.717, 1.165) is 37.8 Å². The molecule has 1 heterocycles. The molecule has 23 heavy (non-hydrogen) atoms. The molecule has 1 aromatic rings. The van der Waals surface area contributed by atoms with Gasteiger partial charge in [0.1, 0.15) is 0 Å². The van der Waals surface area contributed by atoms with Gasteiger partial charge in [0.25, 0.3) is 0 Å². The highest BCUT2D eigenvalue weighted by atomic mass is 16.4. The van der Waals surface area contributed by atoms with Crippen molar-refractivity contribution in [3.63, 3.8) is 0 Å². The van der Waals surface area contributed by atoms with Crippen LogP contribution in [0.3, 0.4) is 0 Å². The first-order chi connectivity index (χ1) is 11.1. The van der Waals surface area contributed by atoms with E-state index in [0.29, 0.717) is 19.4 Å². The van der Waals surface area contributed by atoms with Gasteiger partial charge in [-0.05, 0) is 49.3 Å². The standard InChI is InChI=1S/C19H25NO3/c1-2-13-9-10-17-14(12-13)6-5-11-20(17)18(21)15-7-3-4-8-16(15)19(22)23/h9-10,12,15-16H,2-8,11H2,1H3,(H,22,23)/t15-,16-/m1/s1. The lowest BCUT2D eigenvalue weighted by atomic mass is 9.78. The van der Waals surface area contributed by atoms with Crippen molar-refractivity contribution < 1.29 is 14.7 Å². The second kappa shape index (κ2) is 6.73. The maximum absolute atomic E-state index is 13.0. The summed E-state index contributed by atoms with van der Waals surface area (Å²) in [4.78, 5) is 26.4. The van der Waals surface area contributed by atoms with Crippen molar-refractivity contribution in [1.82, 2.24) is 0 Å². The van der Waals surface area contributed by atoms with E-state index in [2.05, 4.69) is 19.1 Å². The molecule has 0 unspecified atom stereocenters. The molecule has 0 aromatic heterocycles. The second-order valence-corrected chi connectivity index (χ2v) is 6.75.